The van der Waals surface area contributed by atoms with Crippen molar-refractivity contribution in [2.24, 2.45) is 0 Å². The average molecular weight is 671 g/mol. The van der Waals surface area contributed by atoms with Crippen molar-refractivity contribution in [3.63, 3.8) is 0 Å². The third-order valence-electron chi connectivity index (χ3n) is 7.56. The third-order valence-corrected chi connectivity index (χ3v) is 7.56. The summed E-state index contributed by atoms with van der Waals surface area (Å²) in [5.74, 6) is 0.278. The van der Waals surface area contributed by atoms with Gasteiger partial charge in [0.05, 0.1) is 0 Å². The van der Waals surface area contributed by atoms with Gasteiger partial charge >= 0.3 is 0 Å². The topological polar surface area (TPSA) is 20.2 Å². The molecule has 0 aliphatic heterocycles. The van der Waals surface area contributed by atoms with E-state index in [1.165, 1.54) is 33.0 Å². The molecule has 0 spiro atoms. The summed E-state index contributed by atoms with van der Waals surface area (Å²) in [5.41, 5.74) is 8.85. The summed E-state index contributed by atoms with van der Waals surface area (Å²) in [6.45, 7) is 4.00. The highest BCUT2D eigenvalue weighted by Crippen LogP contribution is 2.46. The molecule has 0 fully saturated rings. The summed E-state index contributed by atoms with van der Waals surface area (Å²) >= 11 is 2.15. The van der Waals surface area contributed by atoms with Crippen LogP contribution in [-0.2, 0) is 0 Å². The zero-order chi connectivity index (χ0) is 30.2. The van der Waals surface area contributed by atoms with Crippen LogP contribution in [0.4, 0.5) is 0 Å². The Morgan fingerprint density at radius 3 is 1.30 bits per heavy atom. The lowest BCUT2D eigenvalue weighted by molar-refractivity contribution is 0.477. The van der Waals surface area contributed by atoms with Crippen molar-refractivity contribution in [2.75, 3.05) is 4.93 Å². The molecular weight excluding hydrogens is 635 g/mol. The molecule has 0 bridgehead atoms. The maximum atomic E-state index is 11.3. The summed E-state index contributed by atoms with van der Waals surface area (Å²) in [4.78, 5) is 1.97. The normalized spacial score (nSPS) is 10.4. The largest absolute Gasteiger partial charge is 0.507 e. The predicted octanol–water partition coefficient (Wildman–Crippen LogP) is 12.4. The smallest absolute Gasteiger partial charge is 0.123 e. The molecule has 7 aromatic carbocycles. The molecule has 212 valence electrons. The minimum atomic E-state index is 0.278. The number of aromatic hydroxyl groups is 1. The van der Waals surface area contributed by atoms with E-state index in [4.69, 9.17) is 0 Å². The molecule has 7 aromatic rings. The lowest BCUT2D eigenvalue weighted by Gasteiger charge is -2.19. The van der Waals surface area contributed by atoms with Gasteiger partial charge in [0.15, 0.2) is 0 Å². The van der Waals surface area contributed by atoms with Gasteiger partial charge in [0.2, 0.25) is 0 Å². The molecule has 0 aliphatic rings. The van der Waals surface area contributed by atoms with Crippen molar-refractivity contribution in [3.8, 4) is 50.3 Å². The Labute approximate surface area is 268 Å². The Bertz CT molecular complexity index is 1900. The van der Waals surface area contributed by atoms with Crippen molar-refractivity contribution in [3.05, 3.63) is 152 Å². The monoisotopic (exact) mass is 670 g/mol. The van der Waals surface area contributed by atoms with Crippen LogP contribution in [0.2, 0.25) is 0 Å². The fourth-order valence-electron chi connectivity index (χ4n) is 5.76. The zero-order valence-electron chi connectivity index (χ0n) is 24.8. The minimum Gasteiger partial charge on any atom is -0.507 e. The van der Waals surface area contributed by atoms with Crippen LogP contribution in [-0.4, -0.2) is 10.0 Å². The van der Waals surface area contributed by atoms with E-state index in [1.54, 1.807) is 0 Å². The molecule has 7 rings (SSSR count). The van der Waals surface area contributed by atoms with Gasteiger partial charge in [0, 0.05) is 11.1 Å². The lowest BCUT2D eigenvalue weighted by atomic mass is 9.85. The van der Waals surface area contributed by atoms with Gasteiger partial charge in [-0.05, 0) is 78.1 Å². The number of fused-ring (bicyclic) bond motifs is 2. The second-order valence-electron chi connectivity index (χ2n) is 9.89. The van der Waals surface area contributed by atoms with Gasteiger partial charge in [-0.2, -0.15) is 0 Å². The zero-order valence-corrected chi connectivity index (χ0v) is 26.9. The van der Waals surface area contributed by atoms with E-state index in [0.29, 0.717) is 0 Å². The van der Waals surface area contributed by atoms with Crippen LogP contribution in [0.25, 0.3) is 66.1 Å². The van der Waals surface area contributed by atoms with Gasteiger partial charge in [0.25, 0.3) is 0 Å². The van der Waals surface area contributed by atoms with Gasteiger partial charge in [0.1, 0.15) is 5.75 Å². The SMILES string of the molecule is CC.CI.Oc1ccc(-c2cccc(-c3ccccc3)c2)cc1-c1c2ccccc2c(-c2ccccc2)c2ccccc12. The van der Waals surface area contributed by atoms with E-state index >= 15 is 0 Å². The van der Waals surface area contributed by atoms with Crippen molar-refractivity contribution >= 4 is 44.1 Å². The number of phenols is 1. The molecule has 1 N–H and O–H groups in total. The molecule has 0 amide bonds. The number of hydrogen-bond donors (Lipinski definition) is 1. The lowest BCUT2D eigenvalue weighted by Crippen LogP contribution is -1.91. The third kappa shape index (κ3) is 6.07. The van der Waals surface area contributed by atoms with Crippen molar-refractivity contribution in [1.29, 1.82) is 0 Å². The first-order chi connectivity index (χ1) is 21.3. The predicted molar refractivity (Wildman–Crippen MR) is 196 cm³/mol. The van der Waals surface area contributed by atoms with Crippen LogP contribution >= 0.6 is 22.6 Å². The molecule has 1 nitrogen and oxygen atoms in total. The highest BCUT2D eigenvalue weighted by molar-refractivity contribution is 14.1. The van der Waals surface area contributed by atoms with E-state index < -0.39 is 0 Å². The van der Waals surface area contributed by atoms with E-state index in [9.17, 15) is 5.11 Å². The highest BCUT2D eigenvalue weighted by atomic mass is 127. The molecule has 0 atom stereocenters. The Kier molecular flexibility index (Phi) is 9.91. The number of benzene rings is 7. The van der Waals surface area contributed by atoms with E-state index in [1.807, 2.05) is 37.0 Å². The van der Waals surface area contributed by atoms with Gasteiger partial charge in [-0.25, -0.2) is 0 Å². The number of alkyl halides is 1. The average Bonchev–Trinajstić information content (AvgIpc) is 3.10. The summed E-state index contributed by atoms with van der Waals surface area (Å²) in [6, 6.07) is 52.7. The van der Waals surface area contributed by atoms with E-state index in [-0.39, 0.29) is 5.75 Å². The van der Waals surface area contributed by atoms with Crippen LogP contribution in [0.15, 0.2) is 152 Å². The molecule has 43 heavy (non-hydrogen) atoms. The van der Waals surface area contributed by atoms with Crippen LogP contribution in [0.3, 0.4) is 0 Å². The van der Waals surface area contributed by atoms with Crippen molar-refractivity contribution in [1.82, 2.24) is 0 Å². The molecule has 0 unspecified atom stereocenters. The first-order valence-electron chi connectivity index (χ1n) is 14.6. The van der Waals surface area contributed by atoms with E-state index in [0.717, 1.165) is 33.0 Å². The maximum Gasteiger partial charge on any atom is 0.123 e. The Morgan fingerprint density at radius 1 is 0.372 bits per heavy atom. The van der Waals surface area contributed by atoms with Gasteiger partial charge in [-0.15, -0.1) is 0 Å². The first kappa shape index (κ1) is 30.1. The van der Waals surface area contributed by atoms with Crippen LogP contribution in [0.5, 0.6) is 5.75 Å². The number of halogens is 1. The summed E-state index contributed by atoms with van der Waals surface area (Å²) < 4.78 is 0. The van der Waals surface area contributed by atoms with Gasteiger partial charge < -0.3 is 5.11 Å². The summed E-state index contributed by atoms with van der Waals surface area (Å²) in [6.07, 6.45) is 0. The van der Waals surface area contributed by atoms with Crippen LogP contribution < -0.4 is 0 Å². The molecular formula is C41H35IO. The highest BCUT2D eigenvalue weighted by Gasteiger charge is 2.18. The van der Waals surface area contributed by atoms with Gasteiger partial charge in [-0.1, -0.05) is 170 Å². The minimum absolute atomic E-state index is 0.278. The van der Waals surface area contributed by atoms with Gasteiger partial charge in [-0.3, -0.25) is 0 Å². The fraction of sp³-hybridized carbons (Fsp3) is 0.0732. The molecule has 0 aliphatic carbocycles. The summed E-state index contributed by atoms with van der Waals surface area (Å²) in [7, 11) is 0. The first-order valence-corrected chi connectivity index (χ1v) is 16.8. The second kappa shape index (κ2) is 14.2. The second-order valence-corrected chi connectivity index (χ2v) is 9.89. The Balaban J connectivity index is 0.000000885. The molecule has 0 radical (unpaired) electrons. The quantitative estimate of drug-likeness (QED) is 0.112. The summed E-state index contributed by atoms with van der Waals surface area (Å²) in [5, 5.41) is 15.9. The molecule has 0 saturated heterocycles. The van der Waals surface area contributed by atoms with Crippen molar-refractivity contribution in [2.45, 2.75) is 13.8 Å². The van der Waals surface area contributed by atoms with Crippen molar-refractivity contribution < 1.29 is 5.11 Å². The molecule has 0 heterocycles. The fourth-order valence-corrected chi connectivity index (χ4v) is 5.76. The maximum absolute atomic E-state index is 11.3. The Morgan fingerprint density at radius 2 is 0.767 bits per heavy atom. The molecule has 0 aromatic heterocycles. The number of rotatable bonds is 4. The van der Waals surface area contributed by atoms with Crippen LogP contribution in [0.1, 0.15) is 13.8 Å². The molecule has 0 saturated carbocycles. The van der Waals surface area contributed by atoms with E-state index in [2.05, 4.69) is 156 Å². The standard InChI is InChI=1S/C38H26O.C2H6.CH3I/c39-36-23-22-30(29-17-11-16-28(24-29)26-12-3-1-4-13-26)25-35(36)38-33-20-9-7-18-31(33)37(27-14-5-2-6-15-27)32-19-8-10-21-34(32)38;2*1-2/h1-25,39H;1-2H3;1H3. The van der Waals surface area contributed by atoms with Crippen LogP contribution in [0, 0.1) is 0 Å². The number of hydrogen-bond acceptors (Lipinski definition) is 1. The number of phenolic OH excluding ortho intramolecular Hbond substituents is 1. The molecule has 2 heteroatoms. The Hall–Kier alpha value is -4.41.